The Hall–Kier alpha value is -8.14. The molecule has 4 N–H and O–H groups in total. The van der Waals surface area contributed by atoms with E-state index in [2.05, 4.69) is 192 Å². The van der Waals surface area contributed by atoms with Crippen molar-refractivity contribution in [2.24, 2.45) is 0 Å². The van der Waals surface area contributed by atoms with Gasteiger partial charge >= 0.3 is 11.9 Å². The van der Waals surface area contributed by atoms with E-state index in [0.717, 1.165) is 133 Å². The highest BCUT2D eigenvalue weighted by Crippen LogP contribution is 2.52. The Morgan fingerprint density at radius 3 is 1.47 bits per heavy atom. The van der Waals surface area contributed by atoms with Gasteiger partial charge in [0, 0.05) is 160 Å². The highest BCUT2D eigenvalue weighted by molar-refractivity contribution is 7.86. The quantitative estimate of drug-likeness (QED) is 0.0110. The molecule has 644 valence electrons. The molecule has 6 aliphatic rings. The van der Waals surface area contributed by atoms with E-state index in [4.69, 9.17) is 33.5 Å². The van der Waals surface area contributed by atoms with Crippen LogP contribution in [-0.2, 0) is 79.9 Å². The fraction of sp³-hybridized carbons (Fsp3) is 0.532. The number of benzene rings is 4. The van der Waals surface area contributed by atoms with Crippen LogP contribution in [0.15, 0.2) is 176 Å². The molecule has 0 saturated heterocycles. The minimum atomic E-state index is -4.40. The van der Waals surface area contributed by atoms with E-state index in [0.29, 0.717) is 83.0 Å². The van der Waals surface area contributed by atoms with Gasteiger partial charge in [-0.15, -0.1) is 0 Å². The lowest BCUT2D eigenvalue weighted by molar-refractivity contribution is -0.890. The zero-order chi connectivity index (χ0) is 86.5. The maximum atomic E-state index is 12.9. The predicted octanol–water partition coefficient (Wildman–Crippen LogP) is 16.1. The SMILES string of the molecule is COCCN1C(=CC=C2CCC/C(=C\C=C3\N(CCOC)c4ccc(S(=O)(=O)O)cc4C3(C)C)C2=[N+](CCCO)CCCC(=O)OC(C)(C)C)C(C)(C)c2cc(C)ccc21.COCCN1C(=CC=C2CCCC(C=CC3=[N+](CCOC)c4ccc(S(=O)(=O)O)cc4C3(C)C)=C2OCCC[N+](C)(C)CCCC(=O)O)C(C)(C)c2cc(C)ccc21. The molecule has 4 aromatic carbocycles. The number of anilines is 3. The summed E-state index contributed by atoms with van der Waals surface area (Å²) in [5.74, 6) is -0.115. The van der Waals surface area contributed by atoms with Crippen LogP contribution in [0, 0.1) is 13.8 Å². The second-order valence-corrected chi connectivity index (χ2v) is 38.5. The molecule has 0 bridgehead atoms. The number of allylic oxidation sites excluding steroid dienone is 15. The van der Waals surface area contributed by atoms with Gasteiger partial charge in [-0.25, -0.2) is 4.58 Å². The fourth-order valence-electron chi connectivity index (χ4n) is 17.5. The fourth-order valence-corrected chi connectivity index (χ4v) is 18.5. The molecule has 0 unspecified atom stereocenters. The molecule has 4 heterocycles. The first kappa shape index (κ1) is 93.7. The van der Waals surface area contributed by atoms with Crippen LogP contribution in [-0.4, -0.2) is 213 Å². The number of ether oxygens (including phenoxy) is 6. The zero-order valence-electron chi connectivity index (χ0n) is 73.6. The summed E-state index contributed by atoms with van der Waals surface area (Å²) in [5, 5.41) is 19.3. The summed E-state index contributed by atoms with van der Waals surface area (Å²) in [5.41, 5.74) is 18.6. The van der Waals surface area contributed by atoms with Gasteiger partial charge in [0.1, 0.15) is 31.1 Å². The van der Waals surface area contributed by atoms with E-state index >= 15 is 0 Å². The number of esters is 1. The molecule has 0 spiro atoms. The summed E-state index contributed by atoms with van der Waals surface area (Å²) in [6.45, 7) is 35.4. The molecule has 1 saturated carbocycles. The van der Waals surface area contributed by atoms with E-state index in [1.165, 1.54) is 62.7 Å². The molecule has 4 aromatic rings. The number of rotatable bonds is 35. The van der Waals surface area contributed by atoms with Crippen LogP contribution in [0.25, 0.3) is 0 Å². The molecule has 22 nitrogen and oxygen atoms in total. The molecule has 4 aliphatic heterocycles. The Bertz CT molecular complexity index is 4900. The number of aryl methyl sites for hydroxylation is 2. The van der Waals surface area contributed by atoms with Gasteiger partial charge in [-0.2, -0.15) is 21.4 Å². The Labute approximate surface area is 703 Å². The summed E-state index contributed by atoms with van der Waals surface area (Å²) in [6.07, 6.45) is 26.0. The number of carbonyl (C=O) groups excluding carboxylic acids is 1. The molecule has 0 radical (unpaired) electrons. The Kier molecular flexibility index (Phi) is 31.4. The van der Waals surface area contributed by atoms with Crippen LogP contribution < -0.4 is 14.7 Å². The lowest BCUT2D eigenvalue weighted by atomic mass is 9.81. The number of carboxylic acid groups (broad SMARTS) is 1. The molecule has 1 fully saturated rings. The number of aliphatic hydroxyl groups excluding tert-OH is 1. The summed E-state index contributed by atoms with van der Waals surface area (Å²) < 4.78 is 108. The minimum absolute atomic E-state index is 0.0365. The molecule has 2 aliphatic carbocycles. The van der Waals surface area contributed by atoms with Gasteiger partial charge in [0.2, 0.25) is 11.4 Å². The standard InChI is InChI=1S/C48H67N3O8S.C46H63N3O8S/c1-34-17-21-40-38(32-34)47(5,6)42(50(40)27-30-57-9)23-18-35-14-11-15-36(45(35)49(26-13-29-52)25-12-16-44(53)59-46(2,3)4)19-24-43-48(7,8)39-33-37(60(54,55)56)20-22-41(39)51(43)28-31-58-10;1-33-16-20-39-37(31-33)45(2,3)41(47(39)24-29-55-8)22-17-34-13-10-14-35(44(34)57-28-12-27-49(6,7)26-11-15-43(50)51)18-23-42-46(4,5)38-32-36(58(52,53)54)19-21-40(38)48(42)25-30-56-9/h17-24,32-33,52H,11-16,25-31H2,1-10H3;16-23,31-32H,10-15,24-30H2,1-9H3/p+3. The number of nitrogens with zero attached hydrogens (tertiary/aromatic N) is 6. The minimum Gasteiger partial charge on any atom is -0.493 e. The second kappa shape index (κ2) is 39.6. The van der Waals surface area contributed by atoms with Crippen molar-refractivity contribution in [1.29, 1.82) is 0 Å². The first-order chi connectivity index (χ1) is 55.5. The van der Waals surface area contributed by atoms with Crippen molar-refractivity contribution in [3.8, 4) is 0 Å². The number of aliphatic hydroxyl groups is 1. The van der Waals surface area contributed by atoms with Gasteiger partial charge < -0.3 is 57.8 Å². The number of hydrogen-bond donors (Lipinski definition) is 4. The molecule has 10 rings (SSSR count). The van der Waals surface area contributed by atoms with Gasteiger partial charge in [0.25, 0.3) is 20.2 Å². The van der Waals surface area contributed by atoms with E-state index in [-0.39, 0.29) is 46.0 Å². The molecule has 0 aromatic heterocycles. The number of hydrogen-bond acceptors (Lipinski definition) is 16. The van der Waals surface area contributed by atoms with E-state index < -0.39 is 42.6 Å². The van der Waals surface area contributed by atoms with Crippen LogP contribution in [0.5, 0.6) is 0 Å². The summed E-state index contributed by atoms with van der Waals surface area (Å²) in [7, 11) is 2.29. The monoisotopic (exact) mass is 1670 g/mol. The first-order valence-corrected chi connectivity index (χ1v) is 44.6. The van der Waals surface area contributed by atoms with Crippen molar-refractivity contribution in [2.45, 2.75) is 204 Å². The van der Waals surface area contributed by atoms with Crippen LogP contribution in [0.1, 0.15) is 187 Å². The normalized spacial score (nSPS) is 20.1. The topological polar surface area (TPSA) is 254 Å². The van der Waals surface area contributed by atoms with Crippen LogP contribution in [0.2, 0.25) is 0 Å². The number of carbonyl (C=O) groups is 2. The van der Waals surface area contributed by atoms with E-state index in [1.807, 2.05) is 20.8 Å². The second-order valence-electron chi connectivity index (χ2n) is 35.6. The Balaban J connectivity index is 0.000000269. The predicted molar refractivity (Wildman–Crippen MR) is 470 cm³/mol. The van der Waals surface area contributed by atoms with Gasteiger partial charge in [-0.1, -0.05) is 95.2 Å². The highest BCUT2D eigenvalue weighted by Gasteiger charge is 2.47. The van der Waals surface area contributed by atoms with Gasteiger partial charge in [-0.3, -0.25) is 18.7 Å². The van der Waals surface area contributed by atoms with E-state index in [9.17, 15) is 40.6 Å². The molecule has 118 heavy (non-hydrogen) atoms. The average Bonchev–Trinajstić information content (AvgIpc) is 1.61. The van der Waals surface area contributed by atoms with Crippen molar-refractivity contribution >= 4 is 66.3 Å². The van der Waals surface area contributed by atoms with Crippen molar-refractivity contribution in [3.05, 3.63) is 200 Å². The highest BCUT2D eigenvalue weighted by atomic mass is 32.2. The van der Waals surface area contributed by atoms with Crippen molar-refractivity contribution in [1.82, 2.24) is 0 Å². The summed E-state index contributed by atoms with van der Waals surface area (Å²) >= 11 is 0. The van der Waals surface area contributed by atoms with Gasteiger partial charge in [-0.05, 0) is 182 Å². The van der Waals surface area contributed by atoms with Crippen LogP contribution in [0.4, 0.5) is 22.7 Å². The average molecular weight is 1670 g/mol. The Morgan fingerprint density at radius 2 is 0.992 bits per heavy atom. The molecule has 24 heteroatoms. The third-order valence-corrected chi connectivity index (χ3v) is 25.4. The number of aliphatic carboxylic acids is 1. The third kappa shape index (κ3) is 22.5. The number of quaternary nitrogens is 1. The summed E-state index contributed by atoms with van der Waals surface area (Å²) in [4.78, 5) is 30.7. The number of carboxylic acids is 1. The van der Waals surface area contributed by atoms with Gasteiger partial charge in [0.15, 0.2) is 12.3 Å². The Morgan fingerprint density at radius 1 is 0.542 bits per heavy atom. The zero-order valence-corrected chi connectivity index (χ0v) is 75.3. The number of methoxy groups -OCH3 is 4. The molecule has 0 atom stereocenters. The van der Waals surface area contributed by atoms with Gasteiger partial charge in [0.05, 0.1) is 81.7 Å². The molecular weight excluding hydrogens is 1530 g/mol. The molecule has 0 amide bonds. The number of fused-ring (bicyclic) bond motifs is 4. The maximum Gasteiger partial charge on any atom is 0.306 e. The largest absolute Gasteiger partial charge is 0.493 e. The van der Waals surface area contributed by atoms with Crippen molar-refractivity contribution < 1.29 is 87.8 Å². The van der Waals surface area contributed by atoms with Crippen molar-refractivity contribution in [3.63, 3.8) is 0 Å². The molecular formula is C94H133N6O16S2+3. The first-order valence-electron chi connectivity index (χ1n) is 41.7. The maximum absolute atomic E-state index is 12.9. The van der Waals surface area contributed by atoms with E-state index in [1.54, 1.807) is 52.7 Å². The lowest BCUT2D eigenvalue weighted by Crippen LogP contribution is -2.41. The van der Waals surface area contributed by atoms with Crippen molar-refractivity contribution in [2.75, 3.05) is 149 Å². The third-order valence-electron chi connectivity index (χ3n) is 23.7. The lowest BCUT2D eigenvalue weighted by Gasteiger charge is -2.30. The summed E-state index contributed by atoms with van der Waals surface area (Å²) in [6, 6.07) is 22.9. The van der Waals surface area contributed by atoms with Crippen LogP contribution in [0.3, 0.4) is 0 Å². The smallest absolute Gasteiger partial charge is 0.306 e. The van der Waals surface area contributed by atoms with Crippen LogP contribution >= 0.6 is 0 Å².